The zero-order chi connectivity index (χ0) is 14.7. The number of benzene rings is 2. The van der Waals surface area contributed by atoms with Gasteiger partial charge < -0.3 is 9.84 Å². The first-order chi connectivity index (χ1) is 10.2. The van der Waals surface area contributed by atoms with Crippen molar-refractivity contribution in [3.63, 3.8) is 0 Å². The molecule has 0 fully saturated rings. The minimum atomic E-state index is -0.493. The van der Waals surface area contributed by atoms with Gasteiger partial charge in [-0.25, -0.2) is 0 Å². The van der Waals surface area contributed by atoms with Gasteiger partial charge in [-0.15, -0.1) is 0 Å². The third-order valence-electron chi connectivity index (χ3n) is 3.45. The number of aromatic nitrogens is 1. The van der Waals surface area contributed by atoms with Gasteiger partial charge in [0.25, 0.3) is 0 Å². The number of aliphatic hydroxyl groups excluding tert-OH is 1. The van der Waals surface area contributed by atoms with E-state index in [9.17, 15) is 5.11 Å². The van der Waals surface area contributed by atoms with Crippen molar-refractivity contribution in [2.45, 2.75) is 19.6 Å². The number of aliphatic hydroxyl groups is 1. The van der Waals surface area contributed by atoms with E-state index in [1.807, 2.05) is 54.6 Å². The standard InChI is InChI=1S/C18H17NO2/c1-13(20)15-6-3-9-17(11-15)21-12-16-7-2-5-14-8-4-10-19-18(14)16/h2-11,13,20H,12H2,1H3/t13-/m0/s1. The lowest BCUT2D eigenvalue weighted by Crippen LogP contribution is -1.98. The van der Waals surface area contributed by atoms with Crippen LogP contribution in [0.5, 0.6) is 5.75 Å². The molecule has 0 spiro atoms. The Morgan fingerprint density at radius 1 is 1.10 bits per heavy atom. The molecule has 0 saturated heterocycles. The van der Waals surface area contributed by atoms with Crippen molar-refractivity contribution in [3.8, 4) is 5.75 Å². The topological polar surface area (TPSA) is 42.4 Å². The van der Waals surface area contributed by atoms with Crippen molar-refractivity contribution in [1.82, 2.24) is 4.98 Å². The van der Waals surface area contributed by atoms with Gasteiger partial charge in [0.05, 0.1) is 11.6 Å². The fourth-order valence-electron chi connectivity index (χ4n) is 2.31. The Hall–Kier alpha value is -2.39. The van der Waals surface area contributed by atoms with Gasteiger partial charge in [-0.2, -0.15) is 0 Å². The molecule has 0 bridgehead atoms. The lowest BCUT2D eigenvalue weighted by atomic mass is 10.1. The monoisotopic (exact) mass is 279 g/mol. The molecule has 1 N–H and O–H groups in total. The van der Waals surface area contributed by atoms with Crippen LogP contribution in [-0.2, 0) is 6.61 Å². The number of ether oxygens (including phenoxy) is 1. The Bertz CT molecular complexity index is 748. The van der Waals surface area contributed by atoms with Gasteiger partial charge in [0.15, 0.2) is 0 Å². The first-order valence-electron chi connectivity index (χ1n) is 6.97. The summed E-state index contributed by atoms with van der Waals surface area (Å²) < 4.78 is 5.84. The normalized spacial score (nSPS) is 12.3. The highest BCUT2D eigenvalue weighted by Crippen LogP contribution is 2.21. The third-order valence-corrected chi connectivity index (χ3v) is 3.45. The van der Waals surface area contributed by atoms with E-state index < -0.39 is 6.10 Å². The second kappa shape index (κ2) is 5.94. The minimum absolute atomic E-state index is 0.456. The van der Waals surface area contributed by atoms with Crippen LogP contribution in [0.1, 0.15) is 24.2 Å². The van der Waals surface area contributed by atoms with E-state index >= 15 is 0 Å². The summed E-state index contributed by atoms with van der Waals surface area (Å²) in [5.41, 5.74) is 2.87. The van der Waals surface area contributed by atoms with Gasteiger partial charge in [-0.3, -0.25) is 4.98 Å². The summed E-state index contributed by atoms with van der Waals surface area (Å²) in [6.07, 6.45) is 1.30. The molecule has 0 aliphatic carbocycles. The Kier molecular flexibility index (Phi) is 3.84. The van der Waals surface area contributed by atoms with Gasteiger partial charge in [-0.05, 0) is 30.7 Å². The molecule has 1 atom stereocenters. The van der Waals surface area contributed by atoms with Crippen molar-refractivity contribution in [2.75, 3.05) is 0 Å². The number of hydrogen-bond donors (Lipinski definition) is 1. The molecule has 21 heavy (non-hydrogen) atoms. The molecule has 0 amide bonds. The summed E-state index contributed by atoms with van der Waals surface area (Å²) in [5, 5.41) is 10.7. The van der Waals surface area contributed by atoms with E-state index in [4.69, 9.17) is 4.74 Å². The molecule has 0 unspecified atom stereocenters. The van der Waals surface area contributed by atoms with Crippen LogP contribution in [0.15, 0.2) is 60.8 Å². The van der Waals surface area contributed by atoms with Crippen molar-refractivity contribution in [2.24, 2.45) is 0 Å². The summed E-state index contributed by atoms with van der Waals surface area (Å²) in [5.74, 6) is 0.751. The van der Waals surface area contributed by atoms with E-state index in [1.54, 1.807) is 13.1 Å². The van der Waals surface area contributed by atoms with E-state index in [0.717, 1.165) is 27.8 Å². The lowest BCUT2D eigenvalue weighted by Gasteiger charge is -2.10. The minimum Gasteiger partial charge on any atom is -0.489 e. The average Bonchev–Trinajstić information content (AvgIpc) is 2.53. The molecule has 3 aromatic rings. The van der Waals surface area contributed by atoms with Gasteiger partial charge in [0, 0.05) is 17.1 Å². The number of para-hydroxylation sites is 1. The van der Waals surface area contributed by atoms with Crippen LogP contribution < -0.4 is 4.74 Å². The summed E-state index contributed by atoms with van der Waals surface area (Å²) in [6.45, 7) is 2.20. The smallest absolute Gasteiger partial charge is 0.120 e. The summed E-state index contributed by atoms with van der Waals surface area (Å²) in [4.78, 5) is 4.42. The van der Waals surface area contributed by atoms with Crippen LogP contribution in [0.3, 0.4) is 0 Å². The largest absolute Gasteiger partial charge is 0.489 e. The molecule has 106 valence electrons. The van der Waals surface area contributed by atoms with Crippen LogP contribution in [-0.4, -0.2) is 10.1 Å². The molecule has 1 heterocycles. The fourth-order valence-corrected chi connectivity index (χ4v) is 2.31. The van der Waals surface area contributed by atoms with Crippen molar-refractivity contribution < 1.29 is 9.84 Å². The highest BCUT2D eigenvalue weighted by molar-refractivity contribution is 5.81. The van der Waals surface area contributed by atoms with Crippen molar-refractivity contribution >= 4 is 10.9 Å². The highest BCUT2D eigenvalue weighted by atomic mass is 16.5. The molecular formula is C18H17NO2. The molecule has 0 aliphatic rings. The molecule has 1 aromatic heterocycles. The quantitative estimate of drug-likeness (QED) is 0.788. The van der Waals surface area contributed by atoms with E-state index in [2.05, 4.69) is 4.98 Å². The van der Waals surface area contributed by atoms with Crippen LogP contribution in [0.4, 0.5) is 0 Å². The van der Waals surface area contributed by atoms with E-state index in [0.29, 0.717) is 6.61 Å². The fraction of sp³-hybridized carbons (Fsp3) is 0.167. The lowest BCUT2D eigenvalue weighted by molar-refractivity contribution is 0.198. The number of nitrogens with zero attached hydrogens (tertiary/aromatic N) is 1. The molecule has 2 aromatic carbocycles. The molecule has 3 nitrogen and oxygen atoms in total. The predicted octanol–water partition coefficient (Wildman–Crippen LogP) is 3.87. The Morgan fingerprint density at radius 2 is 1.90 bits per heavy atom. The third kappa shape index (κ3) is 3.03. The maximum absolute atomic E-state index is 9.61. The zero-order valence-electron chi connectivity index (χ0n) is 11.9. The van der Waals surface area contributed by atoms with Crippen molar-refractivity contribution in [3.05, 3.63) is 71.9 Å². The number of fused-ring (bicyclic) bond motifs is 1. The average molecular weight is 279 g/mol. The summed E-state index contributed by atoms with van der Waals surface area (Å²) in [7, 11) is 0. The summed E-state index contributed by atoms with van der Waals surface area (Å²) >= 11 is 0. The number of pyridine rings is 1. The maximum atomic E-state index is 9.61. The van der Waals surface area contributed by atoms with E-state index in [1.165, 1.54) is 0 Å². The summed E-state index contributed by atoms with van der Waals surface area (Å²) in [6, 6.07) is 17.6. The zero-order valence-corrected chi connectivity index (χ0v) is 11.9. The van der Waals surface area contributed by atoms with Gasteiger partial charge >= 0.3 is 0 Å². The molecule has 0 aliphatic heterocycles. The Morgan fingerprint density at radius 3 is 2.76 bits per heavy atom. The first-order valence-corrected chi connectivity index (χ1v) is 6.97. The number of hydrogen-bond acceptors (Lipinski definition) is 3. The first kappa shape index (κ1) is 13.6. The van der Waals surface area contributed by atoms with Crippen LogP contribution >= 0.6 is 0 Å². The number of rotatable bonds is 4. The van der Waals surface area contributed by atoms with Gasteiger partial charge in [0.2, 0.25) is 0 Å². The van der Waals surface area contributed by atoms with Crippen LogP contribution in [0.2, 0.25) is 0 Å². The molecule has 3 heteroatoms. The van der Waals surface area contributed by atoms with Gasteiger partial charge in [-0.1, -0.05) is 36.4 Å². The van der Waals surface area contributed by atoms with Gasteiger partial charge in [0.1, 0.15) is 12.4 Å². The second-order valence-electron chi connectivity index (χ2n) is 5.03. The highest BCUT2D eigenvalue weighted by Gasteiger charge is 2.05. The Labute approximate surface area is 123 Å². The van der Waals surface area contributed by atoms with E-state index in [-0.39, 0.29) is 0 Å². The van der Waals surface area contributed by atoms with Crippen molar-refractivity contribution in [1.29, 1.82) is 0 Å². The van der Waals surface area contributed by atoms with Crippen LogP contribution in [0.25, 0.3) is 10.9 Å². The molecule has 3 rings (SSSR count). The second-order valence-corrected chi connectivity index (χ2v) is 5.03. The Balaban J connectivity index is 1.82. The maximum Gasteiger partial charge on any atom is 0.120 e. The SMILES string of the molecule is C[C@H](O)c1cccc(OCc2cccc3cccnc23)c1. The van der Waals surface area contributed by atoms with Crippen LogP contribution in [0, 0.1) is 0 Å². The predicted molar refractivity (Wildman–Crippen MR) is 83.2 cm³/mol. The molecule has 0 saturated carbocycles. The molecule has 0 radical (unpaired) electrons. The molecular weight excluding hydrogens is 262 g/mol.